The van der Waals surface area contributed by atoms with Crippen LogP contribution in [0.4, 0.5) is 0 Å². The lowest BCUT2D eigenvalue weighted by Crippen LogP contribution is -2.23. The number of ether oxygens (including phenoxy) is 1. The van der Waals surface area contributed by atoms with E-state index < -0.39 is 12.1 Å². The minimum absolute atomic E-state index is 0.121. The molecule has 0 unspecified atom stereocenters. The number of phenols is 1. The first kappa shape index (κ1) is 23.3. The smallest absolute Gasteiger partial charge is 0.339 e. The Balaban J connectivity index is 1.57. The third-order valence-corrected chi connectivity index (χ3v) is 5.05. The highest BCUT2D eigenvalue weighted by Crippen LogP contribution is 2.28. The fourth-order valence-electron chi connectivity index (χ4n) is 3.42. The number of rotatable bonds is 10. The number of aliphatic hydroxyl groups excluding tert-OH is 1. The van der Waals surface area contributed by atoms with Crippen molar-refractivity contribution in [1.82, 2.24) is 5.32 Å². The Hall–Kier alpha value is -3.35. The van der Waals surface area contributed by atoms with Crippen LogP contribution < -0.4 is 10.1 Å². The zero-order valence-corrected chi connectivity index (χ0v) is 18.3. The molecule has 0 saturated carbocycles. The van der Waals surface area contributed by atoms with Gasteiger partial charge in [0.25, 0.3) is 0 Å². The second kappa shape index (κ2) is 10.8. The maximum atomic E-state index is 11.4. The fraction of sp³-hybridized carbons (Fsp3) is 0.269. The van der Waals surface area contributed by atoms with Crippen LogP contribution in [0.15, 0.2) is 66.7 Å². The van der Waals surface area contributed by atoms with E-state index in [1.807, 2.05) is 38.1 Å². The maximum Gasteiger partial charge on any atom is 0.339 e. The number of aromatic hydroxyl groups is 1. The average molecular weight is 436 g/mol. The van der Waals surface area contributed by atoms with E-state index >= 15 is 0 Å². The van der Waals surface area contributed by atoms with E-state index in [2.05, 4.69) is 5.32 Å². The van der Waals surface area contributed by atoms with Crippen molar-refractivity contribution >= 4 is 5.97 Å². The number of carboxylic acid groups (broad SMARTS) is 1. The molecule has 0 saturated heterocycles. The van der Waals surface area contributed by atoms with Gasteiger partial charge in [0.2, 0.25) is 0 Å². The molecule has 0 aliphatic rings. The highest BCUT2D eigenvalue weighted by molar-refractivity contribution is 5.92. The summed E-state index contributed by atoms with van der Waals surface area (Å²) < 4.78 is 5.69. The molecule has 1 atom stereocenters. The molecule has 6 nitrogen and oxygen atoms in total. The summed E-state index contributed by atoms with van der Waals surface area (Å²) in [5, 5.41) is 32.3. The van der Waals surface area contributed by atoms with Gasteiger partial charge in [0.1, 0.15) is 17.1 Å². The summed E-state index contributed by atoms with van der Waals surface area (Å²) >= 11 is 0. The predicted molar refractivity (Wildman–Crippen MR) is 124 cm³/mol. The van der Waals surface area contributed by atoms with Crippen LogP contribution in [0.5, 0.6) is 11.5 Å². The molecule has 3 aromatic carbocycles. The van der Waals surface area contributed by atoms with Gasteiger partial charge < -0.3 is 25.4 Å². The minimum atomic E-state index is -1.01. The van der Waals surface area contributed by atoms with Crippen LogP contribution in [0.2, 0.25) is 0 Å². The number of nitrogens with one attached hydrogen (secondary N) is 1. The molecule has 0 aliphatic heterocycles. The summed E-state index contributed by atoms with van der Waals surface area (Å²) in [5.74, 6) is -0.505. The van der Waals surface area contributed by atoms with Crippen molar-refractivity contribution in [3.63, 3.8) is 0 Å². The molecular formula is C26H29NO5. The lowest BCUT2D eigenvalue weighted by atomic mass is 10.0. The Kier molecular flexibility index (Phi) is 7.87. The van der Waals surface area contributed by atoms with Crippen LogP contribution in [0.1, 0.15) is 41.4 Å². The number of aromatic carboxylic acids is 1. The van der Waals surface area contributed by atoms with E-state index in [0.29, 0.717) is 24.4 Å². The van der Waals surface area contributed by atoms with Gasteiger partial charge in [-0.1, -0.05) is 42.5 Å². The molecule has 3 rings (SSSR count). The summed E-state index contributed by atoms with van der Waals surface area (Å²) in [6, 6.07) is 19.8. The zero-order valence-electron chi connectivity index (χ0n) is 18.3. The second-order valence-corrected chi connectivity index (χ2v) is 7.94. The van der Waals surface area contributed by atoms with E-state index in [-0.39, 0.29) is 17.4 Å². The standard InChI is InChI=1S/C26H29NO5/c1-17(2)32-25-15-20(10-11-23(25)26(30)31)19-8-6-18(7-9-19)12-13-27-16-24(29)21-4-3-5-22(28)14-21/h3-11,14-15,17,24,27-29H,12-13,16H2,1-2H3,(H,30,31)/t24-/m0/s1. The van der Waals surface area contributed by atoms with Crippen molar-refractivity contribution in [1.29, 1.82) is 0 Å². The lowest BCUT2D eigenvalue weighted by molar-refractivity contribution is 0.0690. The molecule has 0 spiro atoms. The predicted octanol–water partition coefficient (Wildman–Crippen LogP) is 4.41. The Morgan fingerprint density at radius 2 is 1.72 bits per heavy atom. The Morgan fingerprint density at radius 3 is 2.38 bits per heavy atom. The van der Waals surface area contributed by atoms with Crippen molar-refractivity contribution in [3.05, 3.63) is 83.4 Å². The number of benzene rings is 3. The van der Waals surface area contributed by atoms with Gasteiger partial charge >= 0.3 is 5.97 Å². The molecule has 3 aromatic rings. The molecule has 4 N–H and O–H groups in total. The van der Waals surface area contributed by atoms with Gasteiger partial charge in [-0.05, 0) is 73.3 Å². The number of hydrogen-bond donors (Lipinski definition) is 4. The molecule has 0 aromatic heterocycles. The van der Waals surface area contributed by atoms with Gasteiger partial charge in [-0.3, -0.25) is 0 Å². The molecule has 0 amide bonds. The van der Waals surface area contributed by atoms with Crippen molar-refractivity contribution in [2.75, 3.05) is 13.1 Å². The normalized spacial score (nSPS) is 12.0. The van der Waals surface area contributed by atoms with Crippen LogP contribution in [0.25, 0.3) is 11.1 Å². The van der Waals surface area contributed by atoms with Crippen LogP contribution in [0.3, 0.4) is 0 Å². The number of carbonyl (C=O) groups is 1. The first-order chi connectivity index (χ1) is 15.3. The van der Waals surface area contributed by atoms with Crippen molar-refractivity contribution in [2.24, 2.45) is 0 Å². The molecule has 0 bridgehead atoms. The van der Waals surface area contributed by atoms with Crippen LogP contribution in [-0.2, 0) is 6.42 Å². The van der Waals surface area contributed by atoms with Crippen molar-refractivity contribution < 1.29 is 24.9 Å². The molecule has 6 heteroatoms. The lowest BCUT2D eigenvalue weighted by Gasteiger charge is -2.14. The second-order valence-electron chi connectivity index (χ2n) is 7.94. The first-order valence-corrected chi connectivity index (χ1v) is 10.6. The summed E-state index contributed by atoms with van der Waals surface area (Å²) in [5.41, 5.74) is 3.85. The zero-order chi connectivity index (χ0) is 23.1. The minimum Gasteiger partial charge on any atom is -0.508 e. The summed E-state index contributed by atoms with van der Waals surface area (Å²) in [6.07, 6.45) is -0.00277. The Morgan fingerprint density at radius 1 is 1.00 bits per heavy atom. The third kappa shape index (κ3) is 6.33. The molecule has 0 aliphatic carbocycles. The van der Waals surface area contributed by atoms with E-state index in [0.717, 1.165) is 23.1 Å². The SMILES string of the molecule is CC(C)Oc1cc(-c2ccc(CCNC[C@H](O)c3cccc(O)c3)cc2)ccc1C(=O)O. The monoisotopic (exact) mass is 435 g/mol. The Bertz CT molecular complexity index is 1050. The van der Waals surface area contributed by atoms with E-state index in [1.54, 1.807) is 42.5 Å². The molecule has 168 valence electrons. The van der Waals surface area contributed by atoms with Gasteiger partial charge in [0.05, 0.1) is 12.2 Å². The van der Waals surface area contributed by atoms with Crippen LogP contribution in [-0.4, -0.2) is 40.5 Å². The molecule has 0 radical (unpaired) electrons. The van der Waals surface area contributed by atoms with Gasteiger partial charge in [-0.15, -0.1) is 0 Å². The first-order valence-electron chi connectivity index (χ1n) is 10.6. The molecule has 32 heavy (non-hydrogen) atoms. The topological polar surface area (TPSA) is 99.0 Å². The highest BCUT2D eigenvalue weighted by atomic mass is 16.5. The maximum absolute atomic E-state index is 11.4. The summed E-state index contributed by atoms with van der Waals surface area (Å²) in [6.45, 7) is 4.83. The number of carboxylic acids is 1. The van der Waals surface area contributed by atoms with Crippen LogP contribution >= 0.6 is 0 Å². The van der Waals surface area contributed by atoms with Crippen molar-refractivity contribution in [2.45, 2.75) is 32.5 Å². The third-order valence-electron chi connectivity index (χ3n) is 5.05. The number of hydrogen-bond acceptors (Lipinski definition) is 5. The van der Waals surface area contributed by atoms with Gasteiger partial charge in [-0.2, -0.15) is 0 Å². The fourth-order valence-corrected chi connectivity index (χ4v) is 3.42. The highest BCUT2D eigenvalue weighted by Gasteiger charge is 2.14. The van der Waals surface area contributed by atoms with Gasteiger partial charge in [0, 0.05) is 6.54 Å². The van der Waals surface area contributed by atoms with E-state index in [4.69, 9.17) is 4.74 Å². The quantitative estimate of drug-likeness (QED) is 0.352. The van der Waals surface area contributed by atoms with Gasteiger partial charge in [-0.25, -0.2) is 4.79 Å². The largest absolute Gasteiger partial charge is 0.508 e. The molecule has 0 fully saturated rings. The average Bonchev–Trinajstić information content (AvgIpc) is 2.76. The van der Waals surface area contributed by atoms with Crippen molar-refractivity contribution in [3.8, 4) is 22.6 Å². The molecule has 0 heterocycles. The molecular weight excluding hydrogens is 406 g/mol. The summed E-state index contributed by atoms with van der Waals surface area (Å²) in [4.78, 5) is 11.4. The van der Waals surface area contributed by atoms with E-state index in [9.17, 15) is 20.1 Å². The number of aliphatic hydroxyl groups is 1. The summed E-state index contributed by atoms with van der Waals surface area (Å²) in [7, 11) is 0. The number of phenolic OH excluding ortho intramolecular Hbond substituents is 1. The van der Waals surface area contributed by atoms with Crippen LogP contribution in [0, 0.1) is 0 Å². The Labute approximate surface area is 188 Å². The van der Waals surface area contributed by atoms with Gasteiger partial charge in [0.15, 0.2) is 0 Å². The van der Waals surface area contributed by atoms with E-state index in [1.165, 1.54) is 0 Å².